The maximum absolute atomic E-state index is 12.3. The number of nitrogens with one attached hydrogen (secondary N) is 2. The maximum Gasteiger partial charge on any atom is 0.407 e. The van der Waals surface area contributed by atoms with Crippen LogP contribution in [0.2, 0.25) is 0 Å². The van der Waals surface area contributed by atoms with Crippen LogP contribution in [0.1, 0.15) is 50.6 Å². The summed E-state index contributed by atoms with van der Waals surface area (Å²) in [5.41, 5.74) is 6.47. The van der Waals surface area contributed by atoms with Gasteiger partial charge in [0.15, 0.2) is 0 Å². The molecule has 1 aliphatic rings. The van der Waals surface area contributed by atoms with Crippen LogP contribution in [0.4, 0.5) is 10.7 Å². The van der Waals surface area contributed by atoms with Crippen LogP contribution in [-0.4, -0.2) is 48.5 Å². The van der Waals surface area contributed by atoms with Crippen molar-refractivity contribution in [2.24, 2.45) is 0 Å². The minimum absolute atomic E-state index is 0.0120. The molecule has 0 saturated heterocycles. The molecule has 1 fully saturated rings. The number of alkyl carbamates (subject to hydrolysis) is 1. The first-order chi connectivity index (χ1) is 20.1. The molecule has 1 amide bonds. The van der Waals surface area contributed by atoms with Crippen molar-refractivity contribution in [2.45, 2.75) is 72.1 Å². The van der Waals surface area contributed by atoms with E-state index in [0.717, 1.165) is 69.1 Å². The number of aromatic nitrogens is 5. The van der Waals surface area contributed by atoms with Crippen molar-refractivity contribution < 1.29 is 14.1 Å². The zero-order valence-corrected chi connectivity index (χ0v) is 24.7. The van der Waals surface area contributed by atoms with E-state index in [9.17, 15) is 4.79 Å². The zero-order valence-electron chi connectivity index (χ0n) is 24.7. The van der Waals surface area contributed by atoms with Crippen LogP contribution in [0, 0.1) is 20.8 Å². The quantitative estimate of drug-likeness (QED) is 0.238. The SMILES string of the molecule is Cc1cnc(N[C@H]2CC[C@@H]2NC(=O)OC(C)(C)C)nc1-c1cn(-c2ccccc2)c2nc(-c3c(C)noc3C)ccc12. The van der Waals surface area contributed by atoms with Crippen molar-refractivity contribution in [1.29, 1.82) is 0 Å². The van der Waals surface area contributed by atoms with Crippen LogP contribution in [0.25, 0.3) is 39.2 Å². The molecule has 10 heteroatoms. The number of carbonyl (C=O) groups is 1. The first-order valence-corrected chi connectivity index (χ1v) is 14.2. The molecule has 4 heterocycles. The largest absolute Gasteiger partial charge is 0.444 e. The second kappa shape index (κ2) is 10.6. The highest BCUT2D eigenvalue weighted by molar-refractivity contribution is 5.96. The summed E-state index contributed by atoms with van der Waals surface area (Å²) < 4.78 is 12.9. The van der Waals surface area contributed by atoms with E-state index in [1.165, 1.54) is 0 Å². The number of benzene rings is 1. The molecule has 0 unspecified atom stereocenters. The fourth-order valence-corrected chi connectivity index (χ4v) is 5.32. The summed E-state index contributed by atoms with van der Waals surface area (Å²) in [7, 11) is 0. The van der Waals surface area contributed by atoms with Gasteiger partial charge in [0.2, 0.25) is 5.95 Å². The Bertz CT molecular complexity index is 1750. The van der Waals surface area contributed by atoms with Gasteiger partial charge in [-0.2, -0.15) is 0 Å². The molecule has 6 rings (SSSR count). The van der Waals surface area contributed by atoms with Crippen molar-refractivity contribution in [1.82, 2.24) is 30.0 Å². The van der Waals surface area contributed by atoms with Gasteiger partial charge in [0.05, 0.1) is 28.7 Å². The molecule has 2 atom stereocenters. The first kappa shape index (κ1) is 27.4. The van der Waals surface area contributed by atoms with Crippen LogP contribution in [0.15, 0.2) is 59.4 Å². The minimum atomic E-state index is -0.548. The van der Waals surface area contributed by atoms with Gasteiger partial charge in [-0.25, -0.2) is 19.7 Å². The Morgan fingerprint density at radius 2 is 1.79 bits per heavy atom. The van der Waals surface area contributed by atoms with E-state index in [1.807, 2.05) is 72.0 Å². The lowest BCUT2D eigenvalue weighted by molar-refractivity contribution is 0.0472. The number of nitrogens with zero attached hydrogens (tertiary/aromatic N) is 5. The average molecular weight is 566 g/mol. The molecule has 5 aromatic rings. The summed E-state index contributed by atoms with van der Waals surface area (Å²) in [4.78, 5) is 26.9. The second-order valence-electron chi connectivity index (χ2n) is 11.8. The van der Waals surface area contributed by atoms with E-state index in [2.05, 4.69) is 49.7 Å². The Hall–Kier alpha value is -4.73. The van der Waals surface area contributed by atoms with Gasteiger partial charge in [0.25, 0.3) is 0 Å². The van der Waals surface area contributed by atoms with Crippen molar-refractivity contribution in [2.75, 3.05) is 5.32 Å². The third-order valence-corrected chi connectivity index (χ3v) is 7.49. The Labute approximate surface area is 244 Å². The van der Waals surface area contributed by atoms with Gasteiger partial charge in [-0.05, 0) is 84.2 Å². The van der Waals surface area contributed by atoms with E-state index in [-0.39, 0.29) is 12.1 Å². The van der Waals surface area contributed by atoms with Gasteiger partial charge in [-0.15, -0.1) is 0 Å². The fraction of sp³-hybridized carbons (Fsp3) is 0.344. The predicted octanol–water partition coefficient (Wildman–Crippen LogP) is 6.53. The predicted molar refractivity (Wildman–Crippen MR) is 162 cm³/mol. The van der Waals surface area contributed by atoms with Crippen LogP contribution in [0.3, 0.4) is 0 Å². The van der Waals surface area contributed by atoms with Gasteiger partial charge in [0, 0.05) is 35.1 Å². The molecule has 216 valence electrons. The van der Waals surface area contributed by atoms with E-state index in [4.69, 9.17) is 19.2 Å². The normalized spacial score (nSPS) is 16.7. The molecule has 1 saturated carbocycles. The summed E-state index contributed by atoms with van der Waals surface area (Å²) in [6.45, 7) is 11.4. The molecular weight excluding hydrogens is 530 g/mol. The third-order valence-electron chi connectivity index (χ3n) is 7.49. The summed E-state index contributed by atoms with van der Waals surface area (Å²) in [5, 5.41) is 11.5. The monoisotopic (exact) mass is 565 g/mol. The number of amides is 1. The standard InChI is InChI=1S/C32H35N7O3/c1-18-16-33-30(35-24-14-15-25(24)36-31(40)41-32(4,5)6)37-28(18)23-17-39(21-10-8-7-9-11-21)29-22(23)12-13-26(34-29)27-19(2)38-42-20(27)3/h7-13,16-17,24-25H,14-15H2,1-6H3,(H,36,40)(H,33,35,37)/t24-,25-/m0/s1. The van der Waals surface area contributed by atoms with Gasteiger partial charge in [-0.3, -0.25) is 0 Å². The highest BCUT2D eigenvalue weighted by atomic mass is 16.6. The molecular formula is C32H35N7O3. The number of para-hydroxylation sites is 1. The van der Waals surface area contributed by atoms with E-state index in [1.54, 1.807) is 0 Å². The fourth-order valence-electron chi connectivity index (χ4n) is 5.32. The van der Waals surface area contributed by atoms with Crippen molar-refractivity contribution in [3.63, 3.8) is 0 Å². The number of rotatable bonds is 6. The van der Waals surface area contributed by atoms with Crippen LogP contribution in [-0.2, 0) is 4.74 Å². The molecule has 10 nitrogen and oxygen atoms in total. The van der Waals surface area contributed by atoms with Crippen LogP contribution in [0.5, 0.6) is 0 Å². The minimum Gasteiger partial charge on any atom is -0.444 e. The average Bonchev–Trinajstić information content (AvgIpc) is 3.49. The number of anilines is 1. The summed E-state index contributed by atoms with van der Waals surface area (Å²) in [5.74, 6) is 1.24. The first-order valence-electron chi connectivity index (χ1n) is 14.2. The Kier molecular flexibility index (Phi) is 6.92. The molecule has 0 radical (unpaired) electrons. The summed E-state index contributed by atoms with van der Waals surface area (Å²) in [6, 6.07) is 14.2. The van der Waals surface area contributed by atoms with Gasteiger partial charge >= 0.3 is 6.09 Å². The number of hydrogen-bond donors (Lipinski definition) is 2. The molecule has 42 heavy (non-hydrogen) atoms. The van der Waals surface area contributed by atoms with Crippen LogP contribution >= 0.6 is 0 Å². The molecule has 0 aliphatic heterocycles. The Morgan fingerprint density at radius 1 is 1.02 bits per heavy atom. The second-order valence-corrected chi connectivity index (χ2v) is 11.8. The lowest BCUT2D eigenvalue weighted by atomic mass is 9.86. The zero-order chi connectivity index (χ0) is 29.6. The van der Waals surface area contributed by atoms with Gasteiger partial charge < -0.3 is 24.5 Å². The number of carbonyl (C=O) groups excluding carboxylic acids is 1. The van der Waals surface area contributed by atoms with E-state index in [0.29, 0.717) is 5.95 Å². The number of ether oxygens (including phenoxy) is 1. The lowest BCUT2D eigenvalue weighted by Gasteiger charge is -2.37. The third kappa shape index (κ3) is 5.32. The molecule has 1 aliphatic carbocycles. The molecule has 0 bridgehead atoms. The molecule has 1 aromatic carbocycles. The highest BCUT2D eigenvalue weighted by Gasteiger charge is 2.34. The maximum atomic E-state index is 12.3. The molecule has 2 N–H and O–H groups in total. The smallest absolute Gasteiger partial charge is 0.407 e. The van der Waals surface area contributed by atoms with Gasteiger partial charge in [-0.1, -0.05) is 23.4 Å². The molecule has 4 aromatic heterocycles. The summed E-state index contributed by atoms with van der Waals surface area (Å²) in [6.07, 6.45) is 5.26. The van der Waals surface area contributed by atoms with Gasteiger partial charge in [0.1, 0.15) is 17.0 Å². The number of pyridine rings is 1. The lowest BCUT2D eigenvalue weighted by Crippen LogP contribution is -2.54. The van der Waals surface area contributed by atoms with Crippen molar-refractivity contribution >= 4 is 23.1 Å². The highest BCUT2D eigenvalue weighted by Crippen LogP contribution is 2.36. The molecule has 0 spiro atoms. The van der Waals surface area contributed by atoms with Crippen LogP contribution < -0.4 is 10.6 Å². The number of fused-ring (bicyclic) bond motifs is 1. The Balaban J connectivity index is 1.36. The van der Waals surface area contributed by atoms with Crippen molar-refractivity contribution in [3.8, 4) is 28.2 Å². The van der Waals surface area contributed by atoms with Crippen molar-refractivity contribution in [3.05, 3.63) is 71.9 Å². The topological polar surface area (TPSA) is 120 Å². The number of aryl methyl sites for hydroxylation is 3. The van der Waals surface area contributed by atoms with E-state index >= 15 is 0 Å². The summed E-state index contributed by atoms with van der Waals surface area (Å²) >= 11 is 0. The number of hydrogen-bond acceptors (Lipinski definition) is 8. The Morgan fingerprint density at radius 3 is 2.45 bits per heavy atom. The van der Waals surface area contributed by atoms with E-state index < -0.39 is 11.7 Å².